The third-order valence-electron chi connectivity index (χ3n) is 5.33. The molecule has 1 heterocycles. The average Bonchev–Trinajstić information content (AvgIpc) is 3.05. The Morgan fingerprint density at radius 2 is 1.62 bits per heavy atom. The summed E-state index contributed by atoms with van der Waals surface area (Å²) in [7, 11) is 3.01. The first-order valence-corrected chi connectivity index (χ1v) is 10.6. The summed E-state index contributed by atoms with van der Waals surface area (Å²) in [6.07, 6.45) is 0.618. The van der Waals surface area contributed by atoms with Crippen molar-refractivity contribution in [1.29, 1.82) is 0 Å². The van der Waals surface area contributed by atoms with Crippen molar-refractivity contribution in [2.45, 2.75) is 32.4 Å². The fourth-order valence-electron chi connectivity index (χ4n) is 3.87. The molecule has 1 unspecified atom stereocenters. The van der Waals surface area contributed by atoms with Crippen LogP contribution in [0.5, 0.6) is 11.5 Å². The highest BCUT2D eigenvalue weighted by Crippen LogP contribution is 2.43. The molecular formula is C25H29NO6. The lowest BCUT2D eigenvalue weighted by molar-refractivity contribution is -0.140. The molecule has 1 saturated heterocycles. The number of hydrogen-bond donors (Lipinski definition) is 1. The van der Waals surface area contributed by atoms with Gasteiger partial charge in [-0.25, -0.2) is 0 Å². The second kappa shape index (κ2) is 10.3. The Balaban J connectivity index is 2.12. The van der Waals surface area contributed by atoms with Crippen molar-refractivity contribution in [3.8, 4) is 11.5 Å². The number of likely N-dealkylation sites (tertiary alicyclic amines) is 1. The normalized spacial score (nSPS) is 17.8. The van der Waals surface area contributed by atoms with Gasteiger partial charge >= 0.3 is 0 Å². The molecule has 7 nitrogen and oxygen atoms in total. The molecule has 1 aliphatic heterocycles. The van der Waals surface area contributed by atoms with Gasteiger partial charge in [-0.15, -0.1) is 0 Å². The van der Waals surface area contributed by atoms with Gasteiger partial charge in [0.1, 0.15) is 17.3 Å². The standard InChI is InChI=1S/C25H29NO6/c1-16(2)32-15-9-14-26-22(17-10-5-7-12-19(17)30-3)21(24(28)25(26)29)23(27)18-11-6-8-13-20(18)31-4/h5-8,10-13,16,22,27H,9,14-15H2,1-4H3/b23-21+. The predicted molar refractivity (Wildman–Crippen MR) is 121 cm³/mol. The quantitative estimate of drug-likeness (QED) is 0.276. The molecule has 0 aromatic heterocycles. The average molecular weight is 440 g/mol. The van der Waals surface area contributed by atoms with Gasteiger partial charge in [-0.3, -0.25) is 9.59 Å². The predicted octanol–water partition coefficient (Wildman–Crippen LogP) is 3.94. The van der Waals surface area contributed by atoms with E-state index in [9.17, 15) is 14.7 Å². The van der Waals surface area contributed by atoms with Gasteiger partial charge in [0.15, 0.2) is 0 Å². The summed E-state index contributed by atoms with van der Waals surface area (Å²) in [5.41, 5.74) is 0.972. The molecule has 2 aromatic carbocycles. The smallest absolute Gasteiger partial charge is 0.295 e. The van der Waals surface area contributed by atoms with E-state index in [0.29, 0.717) is 42.2 Å². The van der Waals surface area contributed by atoms with E-state index >= 15 is 0 Å². The van der Waals surface area contributed by atoms with Gasteiger partial charge in [-0.05, 0) is 38.5 Å². The molecule has 1 fully saturated rings. The maximum Gasteiger partial charge on any atom is 0.295 e. The van der Waals surface area contributed by atoms with Crippen LogP contribution in [0.2, 0.25) is 0 Å². The van der Waals surface area contributed by atoms with Crippen molar-refractivity contribution in [1.82, 2.24) is 4.90 Å². The summed E-state index contributed by atoms with van der Waals surface area (Å²) in [5, 5.41) is 11.2. The van der Waals surface area contributed by atoms with Gasteiger partial charge in [0.25, 0.3) is 11.7 Å². The lowest BCUT2D eigenvalue weighted by atomic mass is 9.94. The van der Waals surface area contributed by atoms with Crippen molar-refractivity contribution in [3.05, 3.63) is 65.2 Å². The second-order valence-corrected chi connectivity index (χ2v) is 7.71. The number of nitrogens with zero attached hydrogens (tertiary/aromatic N) is 1. The Bertz CT molecular complexity index is 1010. The number of aliphatic hydroxyl groups excluding tert-OH is 1. The van der Waals surface area contributed by atoms with Crippen molar-refractivity contribution in [2.75, 3.05) is 27.4 Å². The van der Waals surface area contributed by atoms with Gasteiger partial charge < -0.3 is 24.2 Å². The van der Waals surface area contributed by atoms with Gasteiger partial charge in [0.2, 0.25) is 0 Å². The summed E-state index contributed by atoms with van der Waals surface area (Å²) in [4.78, 5) is 27.6. The van der Waals surface area contributed by atoms with E-state index in [1.165, 1.54) is 19.1 Å². The minimum Gasteiger partial charge on any atom is -0.507 e. The molecule has 0 saturated carbocycles. The van der Waals surface area contributed by atoms with Gasteiger partial charge in [-0.1, -0.05) is 30.3 Å². The van der Waals surface area contributed by atoms with Crippen LogP contribution in [0.4, 0.5) is 0 Å². The molecular weight excluding hydrogens is 410 g/mol. The molecule has 0 radical (unpaired) electrons. The van der Waals surface area contributed by atoms with Crippen LogP contribution in [0.25, 0.3) is 5.76 Å². The number of ketones is 1. The Morgan fingerprint density at radius 1 is 1.00 bits per heavy atom. The highest BCUT2D eigenvalue weighted by molar-refractivity contribution is 6.46. The summed E-state index contributed by atoms with van der Waals surface area (Å²) in [6.45, 7) is 4.62. The number of Topliss-reactive ketones (excluding diaryl/α,β-unsaturated/α-hetero) is 1. The highest BCUT2D eigenvalue weighted by atomic mass is 16.5. The molecule has 32 heavy (non-hydrogen) atoms. The van der Waals surface area contributed by atoms with Crippen LogP contribution in [0.1, 0.15) is 37.4 Å². The molecule has 0 aliphatic carbocycles. The number of methoxy groups -OCH3 is 2. The van der Waals surface area contributed by atoms with E-state index < -0.39 is 17.7 Å². The van der Waals surface area contributed by atoms with Crippen molar-refractivity contribution in [3.63, 3.8) is 0 Å². The van der Waals surface area contributed by atoms with Crippen molar-refractivity contribution >= 4 is 17.4 Å². The first kappa shape index (κ1) is 23.3. The molecule has 0 bridgehead atoms. The first-order valence-electron chi connectivity index (χ1n) is 10.6. The molecule has 3 rings (SSSR count). The number of carbonyl (C=O) groups is 2. The third-order valence-corrected chi connectivity index (χ3v) is 5.33. The molecule has 2 aromatic rings. The number of benzene rings is 2. The Kier molecular flexibility index (Phi) is 7.53. The van der Waals surface area contributed by atoms with Crippen LogP contribution in [-0.4, -0.2) is 55.2 Å². The number of para-hydroxylation sites is 2. The van der Waals surface area contributed by atoms with Gasteiger partial charge in [0, 0.05) is 18.7 Å². The minimum atomic E-state index is -0.796. The van der Waals surface area contributed by atoms with Gasteiger partial charge in [0.05, 0.1) is 37.5 Å². The zero-order chi connectivity index (χ0) is 23.3. The van der Waals surface area contributed by atoms with E-state index in [-0.39, 0.29) is 17.4 Å². The molecule has 1 aliphatic rings. The van der Waals surface area contributed by atoms with Crippen LogP contribution in [0, 0.1) is 0 Å². The van der Waals surface area contributed by atoms with Crippen LogP contribution >= 0.6 is 0 Å². The van der Waals surface area contributed by atoms with Crippen LogP contribution in [0.3, 0.4) is 0 Å². The third kappa shape index (κ3) is 4.62. The fraction of sp³-hybridized carbons (Fsp3) is 0.360. The Hall–Kier alpha value is -3.32. The molecule has 1 N–H and O–H groups in total. The number of aliphatic hydroxyl groups is 1. The van der Waals surface area contributed by atoms with Crippen LogP contribution in [0.15, 0.2) is 54.1 Å². The highest BCUT2D eigenvalue weighted by Gasteiger charge is 2.47. The van der Waals surface area contributed by atoms with Crippen LogP contribution < -0.4 is 9.47 Å². The molecule has 1 amide bonds. The number of hydrogen-bond acceptors (Lipinski definition) is 6. The van der Waals surface area contributed by atoms with E-state index in [0.717, 1.165) is 0 Å². The molecule has 0 spiro atoms. The number of ether oxygens (including phenoxy) is 3. The topological polar surface area (TPSA) is 85.3 Å². The fourth-order valence-corrected chi connectivity index (χ4v) is 3.87. The summed E-state index contributed by atoms with van der Waals surface area (Å²) < 4.78 is 16.5. The van der Waals surface area contributed by atoms with Crippen molar-refractivity contribution < 1.29 is 28.9 Å². The number of amides is 1. The lowest BCUT2D eigenvalue weighted by Crippen LogP contribution is -2.31. The molecule has 170 valence electrons. The monoisotopic (exact) mass is 439 g/mol. The van der Waals surface area contributed by atoms with Gasteiger partial charge in [-0.2, -0.15) is 0 Å². The minimum absolute atomic E-state index is 0.00813. The van der Waals surface area contributed by atoms with Crippen LogP contribution in [-0.2, 0) is 14.3 Å². The maximum atomic E-state index is 13.1. The SMILES string of the molecule is COc1ccccc1/C(O)=C1\C(=O)C(=O)N(CCCOC(C)C)C1c1ccccc1OC. The number of carbonyl (C=O) groups excluding carboxylic acids is 2. The van der Waals surface area contributed by atoms with E-state index in [1.807, 2.05) is 26.0 Å². The summed E-state index contributed by atoms with van der Waals surface area (Å²) in [6, 6.07) is 13.2. The largest absolute Gasteiger partial charge is 0.507 e. The number of rotatable bonds is 9. The van der Waals surface area contributed by atoms with E-state index in [4.69, 9.17) is 14.2 Å². The second-order valence-electron chi connectivity index (χ2n) is 7.71. The zero-order valence-electron chi connectivity index (χ0n) is 18.8. The summed E-state index contributed by atoms with van der Waals surface area (Å²) >= 11 is 0. The molecule has 1 atom stereocenters. The van der Waals surface area contributed by atoms with E-state index in [2.05, 4.69) is 0 Å². The Labute approximate surface area is 188 Å². The van der Waals surface area contributed by atoms with Crippen molar-refractivity contribution in [2.24, 2.45) is 0 Å². The lowest BCUT2D eigenvalue weighted by Gasteiger charge is -2.26. The zero-order valence-corrected chi connectivity index (χ0v) is 18.8. The first-order chi connectivity index (χ1) is 15.4. The molecule has 7 heteroatoms. The summed E-state index contributed by atoms with van der Waals surface area (Å²) in [5.74, 6) is -0.761. The van der Waals surface area contributed by atoms with E-state index in [1.54, 1.807) is 36.4 Å². The maximum absolute atomic E-state index is 13.1. The Morgan fingerprint density at radius 3 is 2.28 bits per heavy atom.